The van der Waals surface area contributed by atoms with Crippen molar-refractivity contribution in [2.75, 3.05) is 6.61 Å². The van der Waals surface area contributed by atoms with E-state index in [2.05, 4.69) is 4.74 Å². The van der Waals surface area contributed by atoms with Gasteiger partial charge in [0.05, 0.1) is 0 Å². The predicted octanol–water partition coefficient (Wildman–Crippen LogP) is 1.69. The molecule has 0 saturated carbocycles. The molecule has 4 nitrogen and oxygen atoms in total. The maximum absolute atomic E-state index is 12.0. The van der Waals surface area contributed by atoms with Crippen molar-refractivity contribution in [3.05, 3.63) is 29.8 Å². The Hall–Kier alpha value is -1.76. The number of carboxylic acid groups (broad SMARTS) is 1. The second-order valence-corrected chi connectivity index (χ2v) is 3.17. The Morgan fingerprint density at radius 3 is 2.47 bits per heavy atom. The van der Waals surface area contributed by atoms with Crippen molar-refractivity contribution >= 4 is 5.97 Å². The van der Waals surface area contributed by atoms with Crippen LogP contribution in [-0.4, -0.2) is 35.1 Å². The number of aliphatic hydroxyl groups is 1. The highest BCUT2D eigenvalue weighted by molar-refractivity contribution is 5.90. The van der Waals surface area contributed by atoms with Gasteiger partial charge in [0.1, 0.15) is 17.9 Å². The van der Waals surface area contributed by atoms with Crippen LogP contribution in [0.25, 0.3) is 0 Å². The Labute approximate surface area is 94.3 Å². The lowest BCUT2D eigenvalue weighted by molar-refractivity contribution is -0.210. The molecule has 0 aromatic heterocycles. The minimum Gasteiger partial charge on any atom is -0.490 e. The van der Waals surface area contributed by atoms with E-state index in [0.29, 0.717) is 0 Å². The van der Waals surface area contributed by atoms with E-state index in [1.807, 2.05) is 0 Å². The van der Waals surface area contributed by atoms with E-state index in [4.69, 9.17) is 10.2 Å². The van der Waals surface area contributed by atoms with E-state index in [1.54, 1.807) is 0 Å². The molecule has 1 aromatic rings. The first-order valence-corrected chi connectivity index (χ1v) is 4.52. The van der Waals surface area contributed by atoms with Gasteiger partial charge in [0, 0.05) is 0 Å². The summed E-state index contributed by atoms with van der Waals surface area (Å²) < 4.78 is 40.5. The molecule has 0 aliphatic carbocycles. The lowest BCUT2D eigenvalue weighted by Crippen LogP contribution is -2.34. The molecule has 7 heteroatoms. The number of carbonyl (C=O) groups is 1. The maximum atomic E-state index is 12.0. The van der Waals surface area contributed by atoms with Gasteiger partial charge in [0.2, 0.25) is 0 Å². The summed E-state index contributed by atoms with van der Waals surface area (Å²) in [6.45, 7) is -1.05. The van der Waals surface area contributed by atoms with Crippen molar-refractivity contribution < 1.29 is 32.9 Å². The van der Waals surface area contributed by atoms with Gasteiger partial charge in [-0.15, -0.1) is 0 Å². The molecule has 94 valence electrons. The maximum Gasteiger partial charge on any atom is 0.417 e. The largest absolute Gasteiger partial charge is 0.490 e. The number of aromatic carboxylic acids is 1. The van der Waals surface area contributed by atoms with E-state index in [-0.39, 0.29) is 11.3 Å². The van der Waals surface area contributed by atoms with Crippen LogP contribution in [0.4, 0.5) is 13.2 Å². The summed E-state index contributed by atoms with van der Waals surface area (Å²) in [7, 11) is 0. The third-order valence-corrected chi connectivity index (χ3v) is 1.89. The molecular formula is C10H9F3O4. The van der Waals surface area contributed by atoms with Crippen molar-refractivity contribution in [2.45, 2.75) is 12.3 Å². The van der Waals surface area contributed by atoms with Crippen molar-refractivity contribution in [1.29, 1.82) is 0 Å². The molecule has 0 aliphatic heterocycles. The summed E-state index contributed by atoms with van der Waals surface area (Å²) >= 11 is 0. The smallest absolute Gasteiger partial charge is 0.417 e. The van der Waals surface area contributed by atoms with Crippen LogP contribution in [0.15, 0.2) is 24.3 Å². The summed E-state index contributed by atoms with van der Waals surface area (Å²) in [4.78, 5) is 10.7. The van der Waals surface area contributed by atoms with E-state index in [1.165, 1.54) is 24.3 Å². The van der Waals surface area contributed by atoms with Crippen molar-refractivity contribution in [3.8, 4) is 5.75 Å². The van der Waals surface area contributed by atoms with E-state index in [9.17, 15) is 18.0 Å². The number of para-hydroxylation sites is 1. The van der Waals surface area contributed by atoms with Crippen LogP contribution in [0.1, 0.15) is 10.4 Å². The third kappa shape index (κ3) is 3.63. The molecule has 1 unspecified atom stereocenters. The van der Waals surface area contributed by atoms with Gasteiger partial charge in [-0.1, -0.05) is 12.1 Å². The Kier molecular flexibility index (Phi) is 3.95. The normalized spacial score (nSPS) is 13.2. The predicted molar refractivity (Wildman–Crippen MR) is 51.0 cm³/mol. The minimum atomic E-state index is -4.79. The summed E-state index contributed by atoms with van der Waals surface area (Å²) in [5.41, 5.74) is -0.262. The summed E-state index contributed by atoms with van der Waals surface area (Å²) in [5, 5.41) is 17.4. The fourth-order valence-corrected chi connectivity index (χ4v) is 1.03. The van der Waals surface area contributed by atoms with Crippen LogP contribution in [0.2, 0.25) is 0 Å². The fraction of sp³-hybridized carbons (Fsp3) is 0.300. The lowest BCUT2D eigenvalue weighted by Gasteiger charge is -2.16. The van der Waals surface area contributed by atoms with Crippen LogP contribution >= 0.6 is 0 Å². The number of hydrogen-bond donors (Lipinski definition) is 2. The molecule has 1 atom stereocenters. The first-order chi connectivity index (χ1) is 7.82. The zero-order chi connectivity index (χ0) is 13.1. The highest BCUT2D eigenvalue weighted by Crippen LogP contribution is 2.23. The zero-order valence-corrected chi connectivity index (χ0v) is 8.44. The molecular weight excluding hydrogens is 241 g/mol. The van der Waals surface area contributed by atoms with Crippen LogP contribution in [0, 0.1) is 0 Å². The molecule has 1 rings (SSSR count). The number of ether oxygens (including phenoxy) is 1. The van der Waals surface area contributed by atoms with Gasteiger partial charge in [0.15, 0.2) is 6.10 Å². The van der Waals surface area contributed by atoms with Gasteiger partial charge in [-0.05, 0) is 12.1 Å². The summed E-state index contributed by atoms with van der Waals surface area (Å²) in [5.74, 6) is -1.54. The SMILES string of the molecule is O=C(O)c1ccccc1OCC(O)C(F)(F)F. The minimum absolute atomic E-state index is 0.219. The Balaban J connectivity index is 2.73. The topological polar surface area (TPSA) is 66.8 Å². The quantitative estimate of drug-likeness (QED) is 0.853. The number of halogens is 3. The zero-order valence-electron chi connectivity index (χ0n) is 8.44. The molecule has 0 spiro atoms. The number of rotatable bonds is 4. The third-order valence-electron chi connectivity index (χ3n) is 1.89. The van der Waals surface area contributed by atoms with Gasteiger partial charge in [-0.25, -0.2) is 4.79 Å². The summed E-state index contributed by atoms with van der Waals surface area (Å²) in [6.07, 6.45) is -7.44. The van der Waals surface area contributed by atoms with Gasteiger partial charge >= 0.3 is 12.1 Å². The summed E-state index contributed by atoms with van der Waals surface area (Å²) in [6, 6.07) is 5.24. The van der Waals surface area contributed by atoms with Crippen LogP contribution in [-0.2, 0) is 0 Å². The standard InChI is InChI=1S/C10H9F3O4/c11-10(12,13)8(14)5-17-7-4-2-1-3-6(7)9(15)16/h1-4,8,14H,5H2,(H,15,16). The van der Waals surface area contributed by atoms with E-state index < -0.39 is 24.9 Å². The number of aliphatic hydroxyl groups excluding tert-OH is 1. The van der Waals surface area contributed by atoms with Crippen LogP contribution < -0.4 is 4.74 Å². The molecule has 0 saturated heterocycles. The molecule has 17 heavy (non-hydrogen) atoms. The van der Waals surface area contributed by atoms with Crippen molar-refractivity contribution in [2.24, 2.45) is 0 Å². The Morgan fingerprint density at radius 1 is 1.35 bits per heavy atom. The molecule has 0 aliphatic rings. The Bertz CT molecular complexity index is 403. The molecule has 0 bridgehead atoms. The number of hydrogen-bond acceptors (Lipinski definition) is 3. The highest BCUT2D eigenvalue weighted by Gasteiger charge is 2.38. The highest BCUT2D eigenvalue weighted by atomic mass is 19.4. The molecule has 0 amide bonds. The van der Waals surface area contributed by atoms with Crippen LogP contribution in [0.3, 0.4) is 0 Å². The van der Waals surface area contributed by atoms with E-state index >= 15 is 0 Å². The molecule has 2 N–H and O–H groups in total. The Morgan fingerprint density at radius 2 is 1.94 bits per heavy atom. The van der Waals surface area contributed by atoms with Gasteiger partial charge < -0.3 is 14.9 Å². The molecule has 0 heterocycles. The number of benzene rings is 1. The molecule has 1 aromatic carbocycles. The number of carboxylic acids is 1. The van der Waals surface area contributed by atoms with E-state index in [0.717, 1.165) is 0 Å². The first kappa shape index (κ1) is 13.3. The van der Waals surface area contributed by atoms with Crippen LogP contribution in [0.5, 0.6) is 5.75 Å². The van der Waals surface area contributed by atoms with Crippen molar-refractivity contribution in [3.63, 3.8) is 0 Å². The first-order valence-electron chi connectivity index (χ1n) is 4.52. The molecule has 0 radical (unpaired) electrons. The average Bonchev–Trinajstić information content (AvgIpc) is 2.24. The molecule has 0 fully saturated rings. The van der Waals surface area contributed by atoms with Gasteiger partial charge in [-0.2, -0.15) is 13.2 Å². The lowest BCUT2D eigenvalue weighted by atomic mass is 10.2. The number of alkyl halides is 3. The van der Waals surface area contributed by atoms with Crippen molar-refractivity contribution in [1.82, 2.24) is 0 Å². The second-order valence-electron chi connectivity index (χ2n) is 3.17. The fourth-order valence-electron chi connectivity index (χ4n) is 1.03. The average molecular weight is 250 g/mol. The van der Waals surface area contributed by atoms with Gasteiger partial charge in [0.25, 0.3) is 0 Å². The second kappa shape index (κ2) is 5.05. The monoisotopic (exact) mass is 250 g/mol. The van der Waals surface area contributed by atoms with Gasteiger partial charge in [-0.3, -0.25) is 0 Å².